The van der Waals surface area contributed by atoms with Crippen LogP contribution < -0.4 is 10.6 Å². The molecule has 2 N–H and O–H groups in total. The van der Waals surface area contributed by atoms with Gasteiger partial charge in [-0.05, 0) is 29.8 Å². The van der Waals surface area contributed by atoms with Crippen molar-refractivity contribution in [3.05, 3.63) is 54.1 Å². The van der Waals surface area contributed by atoms with Crippen LogP contribution in [0.25, 0.3) is 0 Å². The normalized spacial score (nSPS) is 10.8. The molecule has 0 aliphatic carbocycles. The number of hydrogen-bond donors (Lipinski definition) is 2. The fraction of sp³-hybridized carbons (Fsp3) is 0.211. The lowest BCUT2D eigenvalue weighted by molar-refractivity contribution is -0.146. The second kappa shape index (κ2) is 9.14. The molecule has 2 aromatic carbocycles. The molecule has 0 radical (unpaired) electrons. The molecule has 148 valence electrons. The molecular weight excluding hydrogens is 384 g/mol. The summed E-state index contributed by atoms with van der Waals surface area (Å²) in [6, 6.07) is 12.6. The van der Waals surface area contributed by atoms with Gasteiger partial charge >= 0.3 is 5.97 Å². The zero-order chi connectivity index (χ0) is 20.7. The number of ether oxygens (including phenoxy) is 1. The molecule has 2 rings (SSSR count). The first-order valence-corrected chi connectivity index (χ1v) is 10.2. The van der Waals surface area contributed by atoms with E-state index in [1.807, 2.05) is 0 Å². The van der Waals surface area contributed by atoms with E-state index in [1.165, 1.54) is 19.1 Å². The molecule has 0 saturated carbocycles. The Morgan fingerprint density at radius 2 is 1.61 bits per heavy atom. The van der Waals surface area contributed by atoms with Gasteiger partial charge in [-0.2, -0.15) is 0 Å². The monoisotopic (exact) mass is 404 g/mol. The van der Waals surface area contributed by atoms with Crippen LogP contribution in [0.1, 0.15) is 12.5 Å². The lowest BCUT2D eigenvalue weighted by Gasteiger charge is -2.10. The van der Waals surface area contributed by atoms with Crippen LogP contribution >= 0.6 is 0 Å². The molecule has 0 aliphatic heterocycles. The first-order chi connectivity index (χ1) is 13.1. The molecule has 0 unspecified atom stereocenters. The number of amides is 2. The summed E-state index contributed by atoms with van der Waals surface area (Å²) in [5.74, 6) is -1.46. The Hall–Kier alpha value is -3.20. The highest BCUT2D eigenvalue weighted by molar-refractivity contribution is 7.90. The number of rotatable bonds is 7. The summed E-state index contributed by atoms with van der Waals surface area (Å²) in [6.07, 6.45) is 0.989. The minimum absolute atomic E-state index is 0.0195. The van der Waals surface area contributed by atoms with Crippen molar-refractivity contribution in [2.24, 2.45) is 0 Å². The van der Waals surface area contributed by atoms with Crippen LogP contribution in [-0.2, 0) is 35.4 Å². The smallest absolute Gasteiger partial charge is 0.310 e. The second-order valence-corrected chi connectivity index (χ2v) is 8.02. The van der Waals surface area contributed by atoms with Crippen molar-refractivity contribution in [2.45, 2.75) is 18.2 Å². The van der Waals surface area contributed by atoms with Crippen molar-refractivity contribution in [3.63, 3.8) is 0 Å². The van der Waals surface area contributed by atoms with E-state index in [-0.39, 0.29) is 22.9 Å². The maximum absolute atomic E-state index is 12.0. The summed E-state index contributed by atoms with van der Waals surface area (Å²) < 4.78 is 28.4. The number of sulfone groups is 1. The molecule has 2 aromatic rings. The van der Waals surface area contributed by atoms with Crippen LogP contribution in [0.2, 0.25) is 0 Å². The first kappa shape index (κ1) is 21.1. The maximum Gasteiger partial charge on any atom is 0.310 e. The number of esters is 1. The number of carbonyl (C=O) groups excluding carboxylic acids is 3. The van der Waals surface area contributed by atoms with Gasteiger partial charge in [-0.3, -0.25) is 14.4 Å². The molecule has 8 nitrogen and oxygen atoms in total. The Morgan fingerprint density at radius 1 is 0.964 bits per heavy atom. The molecule has 28 heavy (non-hydrogen) atoms. The van der Waals surface area contributed by atoms with Crippen LogP contribution in [0, 0.1) is 0 Å². The highest BCUT2D eigenvalue weighted by Crippen LogP contribution is 2.20. The summed E-state index contributed by atoms with van der Waals surface area (Å²) >= 11 is 0. The SMILES string of the molecule is CC(=O)Nc1ccc(CC(=O)OCC(=O)Nc2ccccc2S(C)(=O)=O)cc1. The highest BCUT2D eigenvalue weighted by atomic mass is 32.2. The third-order valence-corrected chi connectivity index (χ3v) is 4.70. The Balaban J connectivity index is 1.88. The lowest BCUT2D eigenvalue weighted by atomic mass is 10.1. The molecule has 0 bridgehead atoms. The molecule has 0 heterocycles. The van der Waals surface area contributed by atoms with Gasteiger partial charge in [-0.1, -0.05) is 24.3 Å². The van der Waals surface area contributed by atoms with E-state index in [4.69, 9.17) is 4.74 Å². The summed E-state index contributed by atoms with van der Waals surface area (Å²) in [5, 5.41) is 5.04. The Morgan fingerprint density at radius 3 is 2.21 bits per heavy atom. The van der Waals surface area contributed by atoms with Gasteiger partial charge in [0.15, 0.2) is 16.4 Å². The molecular formula is C19H20N2O6S. The molecule has 0 aliphatic rings. The Bertz CT molecular complexity index is 984. The van der Waals surface area contributed by atoms with Crippen molar-refractivity contribution in [3.8, 4) is 0 Å². The summed E-state index contributed by atoms with van der Waals surface area (Å²) in [5.41, 5.74) is 1.38. The van der Waals surface area contributed by atoms with Crippen LogP contribution in [0.5, 0.6) is 0 Å². The Kier molecular flexibility index (Phi) is 6.89. The molecule has 9 heteroatoms. The van der Waals surface area contributed by atoms with Gasteiger partial charge in [-0.25, -0.2) is 8.42 Å². The van der Waals surface area contributed by atoms with E-state index < -0.39 is 28.3 Å². The lowest BCUT2D eigenvalue weighted by Crippen LogP contribution is -2.22. The van der Waals surface area contributed by atoms with Gasteiger partial charge in [0.1, 0.15) is 0 Å². The van der Waals surface area contributed by atoms with Crippen molar-refractivity contribution in [1.82, 2.24) is 0 Å². The van der Waals surface area contributed by atoms with E-state index in [9.17, 15) is 22.8 Å². The second-order valence-electron chi connectivity index (χ2n) is 6.03. The van der Waals surface area contributed by atoms with Gasteiger partial charge in [0.2, 0.25) is 5.91 Å². The predicted molar refractivity (Wildman–Crippen MR) is 104 cm³/mol. The fourth-order valence-electron chi connectivity index (χ4n) is 2.35. The zero-order valence-corrected chi connectivity index (χ0v) is 16.2. The quantitative estimate of drug-likeness (QED) is 0.679. The number of carbonyl (C=O) groups is 3. The van der Waals surface area contributed by atoms with Gasteiger partial charge in [-0.15, -0.1) is 0 Å². The van der Waals surface area contributed by atoms with Crippen LogP contribution in [0.3, 0.4) is 0 Å². The predicted octanol–water partition coefficient (Wildman–Crippen LogP) is 1.77. The molecule has 0 fully saturated rings. The van der Waals surface area contributed by atoms with Gasteiger partial charge in [0.25, 0.3) is 5.91 Å². The van der Waals surface area contributed by atoms with E-state index in [1.54, 1.807) is 36.4 Å². The fourth-order valence-corrected chi connectivity index (χ4v) is 3.20. The molecule has 0 atom stereocenters. The van der Waals surface area contributed by atoms with Crippen molar-refractivity contribution < 1.29 is 27.5 Å². The number of anilines is 2. The summed E-state index contributed by atoms with van der Waals surface area (Å²) in [4.78, 5) is 34.8. The zero-order valence-electron chi connectivity index (χ0n) is 15.4. The molecule has 0 spiro atoms. The number of para-hydroxylation sites is 1. The van der Waals surface area contributed by atoms with E-state index >= 15 is 0 Å². The average Bonchev–Trinajstić information content (AvgIpc) is 2.61. The average molecular weight is 404 g/mol. The van der Waals surface area contributed by atoms with Crippen LogP contribution in [0.4, 0.5) is 11.4 Å². The van der Waals surface area contributed by atoms with Crippen molar-refractivity contribution in [2.75, 3.05) is 23.5 Å². The minimum atomic E-state index is -3.51. The minimum Gasteiger partial charge on any atom is -0.455 e. The maximum atomic E-state index is 12.0. The first-order valence-electron chi connectivity index (χ1n) is 8.26. The van der Waals surface area contributed by atoms with Gasteiger partial charge in [0.05, 0.1) is 17.0 Å². The number of benzene rings is 2. The van der Waals surface area contributed by atoms with Crippen LogP contribution in [-0.4, -0.2) is 39.1 Å². The summed E-state index contributed by atoms with van der Waals surface area (Å²) in [7, 11) is -3.51. The largest absolute Gasteiger partial charge is 0.455 e. The molecule has 0 aromatic heterocycles. The highest BCUT2D eigenvalue weighted by Gasteiger charge is 2.15. The number of nitrogens with one attached hydrogen (secondary N) is 2. The standard InChI is InChI=1S/C19H20N2O6S/c1-13(22)20-15-9-7-14(8-10-15)11-19(24)27-12-18(23)21-16-5-3-4-6-17(16)28(2,25)26/h3-10H,11-12H2,1-2H3,(H,20,22)(H,21,23). The van der Waals surface area contributed by atoms with E-state index in [2.05, 4.69) is 10.6 Å². The third-order valence-electron chi connectivity index (χ3n) is 3.55. The van der Waals surface area contributed by atoms with Gasteiger partial charge in [0, 0.05) is 18.9 Å². The molecule has 0 saturated heterocycles. The Labute approximate surface area is 162 Å². The third kappa shape index (κ3) is 6.51. The van der Waals surface area contributed by atoms with Crippen molar-refractivity contribution >= 4 is 39.0 Å². The van der Waals surface area contributed by atoms with E-state index in [0.717, 1.165) is 6.26 Å². The summed E-state index contributed by atoms with van der Waals surface area (Å²) in [6.45, 7) is 0.853. The van der Waals surface area contributed by atoms with E-state index in [0.29, 0.717) is 11.3 Å². The van der Waals surface area contributed by atoms with Crippen LogP contribution in [0.15, 0.2) is 53.4 Å². The van der Waals surface area contributed by atoms with Crippen molar-refractivity contribution in [1.29, 1.82) is 0 Å². The molecule has 2 amide bonds. The number of hydrogen-bond acceptors (Lipinski definition) is 6. The van der Waals surface area contributed by atoms with Gasteiger partial charge < -0.3 is 15.4 Å². The topological polar surface area (TPSA) is 119 Å².